The third kappa shape index (κ3) is 6.02. The highest BCUT2D eigenvalue weighted by Crippen LogP contribution is 2.22. The topological polar surface area (TPSA) is 123 Å². The van der Waals surface area contributed by atoms with Gasteiger partial charge in [0.25, 0.3) is 17.5 Å². The molecule has 1 atom stereocenters. The normalized spacial score (nSPS) is 11.7. The smallest absolute Gasteiger partial charge is 0.271 e. The summed E-state index contributed by atoms with van der Waals surface area (Å²) in [7, 11) is 0. The number of nitro groups is 1. The van der Waals surface area contributed by atoms with Crippen LogP contribution in [0.5, 0.6) is 0 Å². The number of nitrogens with zero attached hydrogens (tertiary/aromatic N) is 2. The Labute approximate surface area is 163 Å². The Morgan fingerprint density at radius 2 is 2.04 bits per heavy atom. The van der Waals surface area contributed by atoms with Crippen LogP contribution in [-0.4, -0.2) is 29.1 Å². The summed E-state index contributed by atoms with van der Waals surface area (Å²) in [4.78, 5) is 38.7. The maximum atomic E-state index is 13.0. The van der Waals surface area contributed by atoms with E-state index in [2.05, 4.69) is 15.8 Å². The fourth-order valence-corrected chi connectivity index (χ4v) is 2.13. The lowest BCUT2D eigenvalue weighted by molar-refractivity contribution is -0.384. The Morgan fingerprint density at radius 3 is 2.71 bits per heavy atom. The molecule has 0 aliphatic rings. The molecule has 11 heteroatoms. The zero-order valence-corrected chi connectivity index (χ0v) is 15.1. The molecule has 0 fully saturated rings. The third-order valence-electron chi connectivity index (χ3n) is 3.27. The zero-order chi connectivity index (χ0) is 20.7. The first-order valence-electron chi connectivity index (χ1n) is 7.77. The minimum atomic E-state index is -1.08. The van der Waals surface area contributed by atoms with Gasteiger partial charge in [-0.1, -0.05) is 22.8 Å². The number of hydrogen-bond donors (Lipinski definition) is 2. The number of carbonyl (C=O) groups is 2. The first kappa shape index (κ1) is 20.8. The lowest BCUT2D eigenvalue weighted by atomic mass is 10.3. The Morgan fingerprint density at radius 1 is 1.29 bits per heavy atom. The first-order valence-corrected chi connectivity index (χ1v) is 8.14. The quantitative estimate of drug-likeness (QED) is 0.413. The molecule has 0 aliphatic carbocycles. The monoisotopic (exact) mass is 408 g/mol. The summed E-state index contributed by atoms with van der Waals surface area (Å²) in [6.45, 7) is 1.38. The van der Waals surface area contributed by atoms with Crippen LogP contribution in [0.2, 0.25) is 5.02 Å². The van der Waals surface area contributed by atoms with E-state index in [1.54, 1.807) is 0 Å². The van der Waals surface area contributed by atoms with Crippen LogP contribution in [0.3, 0.4) is 0 Å². The predicted octanol–water partition coefficient (Wildman–Crippen LogP) is 3.36. The maximum Gasteiger partial charge on any atom is 0.271 e. The molecule has 2 rings (SSSR count). The molecule has 9 nitrogen and oxygen atoms in total. The molecule has 2 aromatic carbocycles. The number of non-ortho nitro benzene ring substituents is 1. The van der Waals surface area contributed by atoms with E-state index >= 15 is 0 Å². The lowest BCUT2D eigenvalue weighted by Crippen LogP contribution is -2.26. The molecule has 2 N–H and O–H groups in total. The van der Waals surface area contributed by atoms with Crippen molar-refractivity contribution < 1.29 is 23.7 Å². The number of rotatable bonds is 7. The molecule has 0 heterocycles. The van der Waals surface area contributed by atoms with Gasteiger partial charge in [-0.2, -0.15) is 0 Å². The Hall–Kier alpha value is -3.53. The number of halogens is 2. The second-order valence-electron chi connectivity index (χ2n) is 5.39. The Balaban J connectivity index is 1.87. The van der Waals surface area contributed by atoms with Gasteiger partial charge in [0.2, 0.25) is 6.10 Å². The van der Waals surface area contributed by atoms with Crippen molar-refractivity contribution in [3.63, 3.8) is 0 Å². The highest BCUT2D eigenvalue weighted by atomic mass is 35.5. The summed E-state index contributed by atoms with van der Waals surface area (Å²) < 4.78 is 13.0. The van der Waals surface area contributed by atoms with Crippen molar-refractivity contribution in [3.8, 4) is 0 Å². The van der Waals surface area contributed by atoms with Crippen molar-refractivity contribution in [2.45, 2.75) is 13.0 Å². The number of nitrogens with one attached hydrogen (secondary N) is 2. The van der Waals surface area contributed by atoms with Gasteiger partial charge >= 0.3 is 0 Å². The molecule has 28 heavy (non-hydrogen) atoms. The molecule has 146 valence electrons. The molecule has 0 aliphatic heterocycles. The van der Waals surface area contributed by atoms with Crippen LogP contribution in [-0.2, 0) is 14.4 Å². The molecule has 0 radical (unpaired) electrons. The Kier molecular flexibility index (Phi) is 6.99. The van der Waals surface area contributed by atoms with Crippen molar-refractivity contribution in [1.82, 2.24) is 0 Å². The highest BCUT2D eigenvalue weighted by molar-refractivity contribution is 6.33. The van der Waals surface area contributed by atoms with Crippen molar-refractivity contribution in [3.05, 3.63) is 63.4 Å². The number of nitro benzene ring substituents is 1. The molecule has 0 unspecified atom stereocenters. The second-order valence-corrected chi connectivity index (χ2v) is 5.80. The van der Waals surface area contributed by atoms with E-state index in [9.17, 15) is 24.1 Å². The van der Waals surface area contributed by atoms with E-state index in [1.165, 1.54) is 37.3 Å². The van der Waals surface area contributed by atoms with Gasteiger partial charge in [0.05, 0.1) is 15.6 Å². The van der Waals surface area contributed by atoms with Crippen molar-refractivity contribution in [2.24, 2.45) is 5.16 Å². The van der Waals surface area contributed by atoms with Gasteiger partial charge < -0.3 is 15.5 Å². The molecule has 0 aromatic heterocycles. The van der Waals surface area contributed by atoms with E-state index in [4.69, 9.17) is 16.4 Å². The van der Waals surface area contributed by atoms with E-state index < -0.39 is 28.7 Å². The summed E-state index contributed by atoms with van der Waals surface area (Å²) in [5.41, 5.74) is 0.203. The van der Waals surface area contributed by atoms with Gasteiger partial charge in [0.15, 0.2) is 0 Å². The van der Waals surface area contributed by atoms with Crippen LogP contribution in [0.4, 0.5) is 21.5 Å². The van der Waals surface area contributed by atoms with E-state index in [0.29, 0.717) is 0 Å². The number of oxime groups is 1. The van der Waals surface area contributed by atoms with Crippen molar-refractivity contribution >= 4 is 46.7 Å². The standard InChI is InChI=1S/C17H14ClFN4O5/c1-10(17(25)22-15-6-5-11(19)7-14(15)18)28-20-9-16(24)21-12-3-2-4-13(8-12)23(26)27/h2-10H,1H3,(H,21,24)(H,22,25)/b20-9-/t10-/m0/s1. The number of benzene rings is 2. The second kappa shape index (κ2) is 9.42. The predicted molar refractivity (Wildman–Crippen MR) is 101 cm³/mol. The molecule has 0 bridgehead atoms. The van der Waals surface area contributed by atoms with Crippen molar-refractivity contribution in [1.29, 1.82) is 0 Å². The molecule has 0 saturated heterocycles. The number of amides is 2. The van der Waals surface area contributed by atoms with E-state index in [-0.39, 0.29) is 22.1 Å². The highest BCUT2D eigenvalue weighted by Gasteiger charge is 2.16. The zero-order valence-electron chi connectivity index (χ0n) is 14.4. The first-order chi connectivity index (χ1) is 13.3. The van der Waals surface area contributed by atoms with Crippen molar-refractivity contribution in [2.75, 3.05) is 10.6 Å². The van der Waals surface area contributed by atoms with Gasteiger partial charge in [-0.15, -0.1) is 0 Å². The van der Waals surface area contributed by atoms with Gasteiger partial charge in [-0.3, -0.25) is 19.7 Å². The van der Waals surface area contributed by atoms with Crippen LogP contribution in [0, 0.1) is 15.9 Å². The third-order valence-corrected chi connectivity index (χ3v) is 3.58. The maximum absolute atomic E-state index is 13.0. The van der Waals surface area contributed by atoms with Crippen LogP contribution < -0.4 is 10.6 Å². The van der Waals surface area contributed by atoms with Crippen LogP contribution >= 0.6 is 11.6 Å². The molecule has 2 amide bonds. The fourth-order valence-electron chi connectivity index (χ4n) is 1.91. The van der Waals surface area contributed by atoms with Gasteiger partial charge in [0.1, 0.15) is 12.0 Å². The average molecular weight is 409 g/mol. The number of anilines is 2. The molecule has 0 spiro atoms. The van der Waals surface area contributed by atoms with E-state index in [0.717, 1.165) is 18.3 Å². The fraction of sp³-hybridized carbons (Fsp3) is 0.118. The van der Waals surface area contributed by atoms with E-state index in [1.807, 2.05) is 0 Å². The average Bonchev–Trinajstić information content (AvgIpc) is 2.64. The largest absolute Gasteiger partial charge is 0.383 e. The molecule has 0 saturated carbocycles. The lowest BCUT2D eigenvalue weighted by Gasteiger charge is -2.11. The summed E-state index contributed by atoms with van der Waals surface area (Å²) >= 11 is 5.81. The summed E-state index contributed by atoms with van der Waals surface area (Å²) in [5.74, 6) is -1.88. The number of hydrogen-bond acceptors (Lipinski definition) is 6. The summed E-state index contributed by atoms with van der Waals surface area (Å²) in [6, 6.07) is 8.78. The minimum absolute atomic E-state index is 0.0142. The Bertz CT molecular complexity index is 938. The summed E-state index contributed by atoms with van der Waals surface area (Å²) in [5, 5.41) is 18.9. The molecular formula is C17H14ClFN4O5. The molecule has 2 aromatic rings. The van der Waals surface area contributed by atoms with Crippen LogP contribution in [0.25, 0.3) is 0 Å². The van der Waals surface area contributed by atoms with Gasteiger partial charge in [0, 0.05) is 17.8 Å². The van der Waals surface area contributed by atoms with Gasteiger partial charge in [-0.05, 0) is 31.2 Å². The number of carbonyl (C=O) groups excluding carboxylic acids is 2. The van der Waals surface area contributed by atoms with Gasteiger partial charge in [-0.25, -0.2) is 4.39 Å². The SMILES string of the molecule is C[C@H](O/N=C\C(=O)Nc1cccc([N+](=O)[O-])c1)C(=O)Nc1ccc(F)cc1Cl. The van der Waals surface area contributed by atoms with Crippen LogP contribution in [0.1, 0.15) is 6.92 Å². The minimum Gasteiger partial charge on any atom is -0.383 e. The molecular weight excluding hydrogens is 395 g/mol. The van der Waals surface area contributed by atoms with Crippen LogP contribution in [0.15, 0.2) is 47.6 Å². The summed E-state index contributed by atoms with van der Waals surface area (Å²) in [6.07, 6.45) is -0.309.